The molecule has 0 saturated carbocycles. The van der Waals surface area contributed by atoms with Gasteiger partial charge in [-0.3, -0.25) is 9.20 Å². The number of imidazole rings is 1. The van der Waals surface area contributed by atoms with Crippen LogP contribution in [0, 0.1) is 0 Å². The Morgan fingerprint density at radius 2 is 2.08 bits per heavy atom. The van der Waals surface area contributed by atoms with Gasteiger partial charge in [-0.1, -0.05) is 30.3 Å². The summed E-state index contributed by atoms with van der Waals surface area (Å²) in [5.74, 6) is 0.664. The molecule has 0 unspecified atom stereocenters. The molecule has 2 heterocycles. The van der Waals surface area contributed by atoms with E-state index in [4.69, 9.17) is 4.74 Å². The van der Waals surface area contributed by atoms with Crippen LogP contribution in [0.2, 0.25) is 0 Å². The molecule has 0 radical (unpaired) electrons. The maximum atomic E-state index is 13.0. The highest BCUT2D eigenvalue weighted by molar-refractivity contribution is 5.93. The van der Waals surface area contributed by atoms with Crippen LogP contribution in [-0.2, 0) is 6.54 Å². The lowest BCUT2D eigenvalue weighted by atomic mass is 10.2. The minimum Gasteiger partial charge on any atom is -0.496 e. The SMILES string of the molecule is C=CCN(Cc1ccccc1OC)C(=O)c1cnc2ccccn12. The lowest BCUT2D eigenvalue weighted by Gasteiger charge is -2.22. The first-order chi connectivity index (χ1) is 11.7. The average molecular weight is 321 g/mol. The zero-order valence-electron chi connectivity index (χ0n) is 13.6. The van der Waals surface area contributed by atoms with Crippen molar-refractivity contribution in [3.05, 3.63) is 78.8 Å². The molecule has 2 aromatic heterocycles. The summed E-state index contributed by atoms with van der Waals surface area (Å²) in [5, 5.41) is 0. The van der Waals surface area contributed by atoms with Crippen LogP contribution in [0.15, 0.2) is 67.5 Å². The van der Waals surface area contributed by atoms with Crippen molar-refractivity contribution in [3.63, 3.8) is 0 Å². The number of carbonyl (C=O) groups excluding carboxylic acids is 1. The third-order valence-electron chi connectivity index (χ3n) is 3.83. The van der Waals surface area contributed by atoms with E-state index in [-0.39, 0.29) is 5.91 Å². The van der Waals surface area contributed by atoms with Crippen molar-refractivity contribution in [1.82, 2.24) is 14.3 Å². The second-order valence-corrected chi connectivity index (χ2v) is 5.36. The van der Waals surface area contributed by atoms with Gasteiger partial charge in [0.2, 0.25) is 0 Å². The van der Waals surface area contributed by atoms with Crippen molar-refractivity contribution >= 4 is 11.6 Å². The molecule has 0 saturated heterocycles. The summed E-state index contributed by atoms with van der Waals surface area (Å²) < 4.78 is 7.18. The van der Waals surface area contributed by atoms with Crippen LogP contribution >= 0.6 is 0 Å². The van der Waals surface area contributed by atoms with E-state index in [1.807, 2.05) is 48.7 Å². The standard InChI is InChI=1S/C19H19N3O2/c1-3-11-21(14-15-8-4-5-9-17(15)24-2)19(23)16-13-20-18-10-6-7-12-22(16)18/h3-10,12-13H,1,11,14H2,2H3. The van der Waals surface area contributed by atoms with E-state index < -0.39 is 0 Å². The summed E-state index contributed by atoms with van der Waals surface area (Å²) in [6, 6.07) is 13.3. The van der Waals surface area contributed by atoms with Gasteiger partial charge in [-0.2, -0.15) is 0 Å². The Labute approximate surface area is 140 Å². The van der Waals surface area contributed by atoms with Gasteiger partial charge in [0, 0.05) is 18.3 Å². The fourth-order valence-electron chi connectivity index (χ4n) is 2.67. The predicted molar refractivity (Wildman–Crippen MR) is 93.1 cm³/mol. The fourth-order valence-corrected chi connectivity index (χ4v) is 2.67. The van der Waals surface area contributed by atoms with E-state index in [0.29, 0.717) is 18.8 Å². The first kappa shape index (κ1) is 15.8. The van der Waals surface area contributed by atoms with Gasteiger partial charge in [-0.15, -0.1) is 6.58 Å². The maximum absolute atomic E-state index is 13.0. The lowest BCUT2D eigenvalue weighted by molar-refractivity contribution is 0.0754. The minimum atomic E-state index is -0.0977. The first-order valence-corrected chi connectivity index (χ1v) is 7.68. The number of rotatable bonds is 6. The maximum Gasteiger partial charge on any atom is 0.273 e. The molecule has 0 atom stereocenters. The molecule has 122 valence electrons. The van der Waals surface area contributed by atoms with Gasteiger partial charge in [-0.25, -0.2) is 4.98 Å². The minimum absolute atomic E-state index is 0.0977. The Bertz CT molecular complexity index is 870. The summed E-state index contributed by atoms with van der Waals surface area (Å²) in [7, 11) is 1.63. The predicted octanol–water partition coefficient (Wildman–Crippen LogP) is 3.17. The molecule has 24 heavy (non-hydrogen) atoms. The number of carbonyl (C=O) groups is 1. The highest BCUT2D eigenvalue weighted by Crippen LogP contribution is 2.20. The second kappa shape index (κ2) is 7.00. The summed E-state index contributed by atoms with van der Waals surface area (Å²) in [6.07, 6.45) is 5.16. The topological polar surface area (TPSA) is 46.8 Å². The zero-order valence-corrected chi connectivity index (χ0v) is 13.6. The number of nitrogens with zero attached hydrogens (tertiary/aromatic N) is 3. The number of ether oxygens (including phenoxy) is 1. The number of hydrogen-bond acceptors (Lipinski definition) is 3. The third kappa shape index (κ3) is 3.01. The highest BCUT2D eigenvalue weighted by atomic mass is 16.5. The number of amides is 1. The van der Waals surface area contributed by atoms with Crippen molar-refractivity contribution in [2.24, 2.45) is 0 Å². The average Bonchev–Trinajstić information content (AvgIpc) is 3.05. The van der Waals surface area contributed by atoms with E-state index in [1.54, 1.807) is 28.7 Å². The quantitative estimate of drug-likeness (QED) is 0.655. The van der Waals surface area contributed by atoms with E-state index in [9.17, 15) is 4.79 Å². The molecule has 0 fully saturated rings. The van der Waals surface area contributed by atoms with Crippen LogP contribution in [0.4, 0.5) is 0 Å². The second-order valence-electron chi connectivity index (χ2n) is 5.36. The van der Waals surface area contributed by atoms with Crippen molar-refractivity contribution < 1.29 is 9.53 Å². The van der Waals surface area contributed by atoms with Crippen LogP contribution in [0.5, 0.6) is 5.75 Å². The van der Waals surface area contributed by atoms with E-state index in [0.717, 1.165) is 17.0 Å². The van der Waals surface area contributed by atoms with Gasteiger partial charge in [0.25, 0.3) is 5.91 Å². The molecule has 0 aliphatic rings. The number of fused-ring (bicyclic) bond motifs is 1. The Morgan fingerprint density at radius 1 is 1.29 bits per heavy atom. The zero-order chi connectivity index (χ0) is 16.9. The smallest absolute Gasteiger partial charge is 0.273 e. The number of benzene rings is 1. The van der Waals surface area contributed by atoms with Gasteiger partial charge < -0.3 is 9.64 Å². The number of pyridine rings is 1. The van der Waals surface area contributed by atoms with Crippen LogP contribution in [0.1, 0.15) is 16.1 Å². The number of hydrogen-bond donors (Lipinski definition) is 0. The van der Waals surface area contributed by atoms with Gasteiger partial charge in [0.15, 0.2) is 0 Å². The van der Waals surface area contributed by atoms with Crippen LogP contribution in [-0.4, -0.2) is 33.8 Å². The van der Waals surface area contributed by atoms with Crippen molar-refractivity contribution in [2.45, 2.75) is 6.54 Å². The Hall–Kier alpha value is -3.08. The van der Waals surface area contributed by atoms with Crippen molar-refractivity contribution in [3.8, 4) is 5.75 Å². The molecular formula is C19H19N3O2. The summed E-state index contributed by atoms with van der Waals surface area (Å²) in [6.45, 7) is 4.64. The molecule has 0 N–H and O–H groups in total. The number of methoxy groups -OCH3 is 1. The molecular weight excluding hydrogens is 302 g/mol. The first-order valence-electron chi connectivity index (χ1n) is 7.68. The molecule has 3 rings (SSSR count). The summed E-state index contributed by atoms with van der Waals surface area (Å²) in [5.41, 5.74) is 2.23. The van der Waals surface area contributed by atoms with E-state index in [2.05, 4.69) is 11.6 Å². The number of aromatic nitrogens is 2. The molecule has 1 amide bonds. The molecule has 0 aliphatic carbocycles. The van der Waals surface area contributed by atoms with Crippen molar-refractivity contribution in [1.29, 1.82) is 0 Å². The molecule has 5 nitrogen and oxygen atoms in total. The lowest BCUT2D eigenvalue weighted by Crippen LogP contribution is -2.31. The molecule has 0 bridgehead atoms. The van der Waals surface area contributed by atoms with E-state index >= 15 is 0 Å². The van der Waals surface area contributed by atoms with Gasteiger partial charge in [0.1, 0.15) is 17.1 Å². The summed E-state index contributed by atoms with van der Waals surface area (Å²) in [4.78, 5) is 19.0. The van der Waals surface area contributed by atoms with Gasteiger partial charge in [-0.05, 0) is 18.2 Å². The summed E-state index contributed by atoms with van der Waals surface area (Å²) >= 11 is 0. The van der Waals surface area contributed by atoms with Crippen LogP contribution in [0.3, 0.4) is 0 Å². The molecule has 1 aromatic carbocycles. The Balaban J connectivity index is 1.93. The molecule has 5 heteroatoms. The normalized spacial score (nSPS) is 10.5. The highest BCUT2D eigenvalue weighted by Gasteiger charge is 2.20. The third-order valence-corrected chi connectivity index (χ3v) is 3.83. The van der Waals surface area contributed by atoms with Gasteiger partial charge in [0.05, 0.1) is 19.9 Å². The molecule has 0 spiro atoms. The fraction of sp³-hybridized carbons (Fsp3) is 0.158. The van der Waals surface area contributed by atoms with Crippen LogP contribution in [0.25, 0.3) is 5.65 Å². The number of para-hydroxylation sites is 1. The monoisotopic (exact) mass is 321 g/mol. The van der Waals surface area contributed by atoms with E-state index in [1.165, 1.54) is 0 Å². The van der Waals surface area contributed by atoms with Crippen molar-refractivity contribution in [2.75, 3.05) is 13.7 Å². The Kier molecular flexibility index (Phi) is 4.61. The Morgan fingerprint density at radius 3 is 2.88 bits per heavy atom. The molecule has 0 aliphatic heterocycles. The van der Waals surface area contributed by atoms with Gasteiger partial charge >= 0.3 is 0 Å². The largest absolute Gasteiger partial charge is 0.496 e. The molecule has 3 aromatic rings. The van der Waals surface area contributed by atoms with Crippen LogP contribution < -0.4 is 4.74 Å².